The van der Waals surface area contributed by atoms with Crippen LogP contribution in [0.15, 0.2) is 36.4 Å². The van der Waals surface area contributed by atoms with Gasteiger partial charge in [-0.25, -0.2) is 8.78 Å². The van der Waals surface area contributed by atoms with Gasteiger partial charge in [0.05, 0.1) is 13.2 Å². The third-order valence-electron chi connectivity index (χ3n) is 6.98. The number of halogens is 2. The van der Waals surface area contributed by atoms with Crippen molar-refractivity contribution in [1.29, 1.82) is 0 Å². The van der Waals surface area contributed by atoms with Gasteiger partial charge in [0, 0.05) is 17.0 Å². The summed E-state index contributed by atoms with van der Waals surface area (Å²) in [7, 11) is 0. The van der Waals surface area contributed by atoms with Crippen LogP contribution in [0.25, 0.3) is 11.1 Å². The molecule has 1 saturated heterocycles. The molecule has 0 bridgehead atoms. The first-order chi connectivity index (χ1) is 14.5. The number of benzene rings is 2. The molecular formula is C26H32F2O2. The molecule has 0 aromatic heterocycles. The summed E-state index contributed by atoms with van der Waals surface area (Å²) in [5, 5.41) is 0. The molecule has 2 aromatic rings. The van der Waals surface area contributed by atoms with Crippen LogP contribution in [0.5, 0.6) is 0 Å². The van der Waals surface area contributed by atoms with Crippen LogP contribution in [0.4, 0.5) is 8.78 Å². The molecule has 2 aromatic carbocycles. The Labute approximate surface area is 178 Å². The molecule has 0 spiro atoms. The van der Waals surface area contributed by atoms with Crippen LogP contribution in [0.1, 0.15) is 62.9 Å². The summed E-state index contributed by atoms with van der Waals surface area (Å²) in [6.07, 6.45) is 7.58. The zero-order valence-electron chi connectivity index (χ0n) is 18.0. The minimum absolute atomic E-state index is 0.0489. The second-order valence-corrected chi connectivity index (χ2v) is 9.02. The summed E-state index contributed by atoms with van der Waals surface area (Å²) in [6.45, 7) is 5.20. The molecule has 0 amide bonds. The van der Waals surface area contributed by atoms with Crippen LogP contribution in [-0.4, -0.2) is 13.2 Å². The van der Waals surface area contributed by atoms with E-state index in [0.717, 1.165) is 30.3 Å². The van der Waals surface area contributed by atoms with E-state index in [2.05, 4.69) is 6.92 Å². The van der Waals surface area contributed by atoms with Gasteiger partial charge in [0.25, 0.3) is 0 Å². The van der Waals surface area contributed by atoms with Crippen molar-refractivity contribution in [1.82, 2.24) is 0 Å². The van der Waals surface area contributed by atoms with E-state index in [1.165, 1.54) is 57.6 Å². The molecule has 2 aliphatic rings. The van der Waals surface area contributed by atoms with Gasteiger partial charge in [0.15, 0.2) is 6.29 Å². The Hall–Kier alpha value is -1.78. The van der Waals surface area contributed by atoms with Gasteiger partial charge in [0.1, 0.15) is 11.6 Å². The quantitative estimate of drug-likeness (QED) is 0.515. The SMILES string of the molecule is CCCC1CCC(C2COC(c3ccc(-c4cc(F)c(C)c(F)c4)cc3)OC2)CC1. The van der Waals surface area contributed by atoms with E-state index in [9.17, 15) is 8.78 Å². The Kier molecular flexibility index (Phi) is 6.84. The highest BCUT2D eigenvalue weighted by Gasteiger charge is 2.32. The predicted octanol–water partition coefficient (Wildman–Crippen LogP) is 7.21. The van der Waals surface area contributed by atoms with E-state index in [0.29, 0.717) is 17.4 Å². The van der Waals surface area contributed by atoms with Gasteiger partial charge < -0.3 is 9.47 Å². The number of ether oxygens (including phenoxy) is 2. The van der Waals surface area contributed by atoms with Gasteiger partial charge >= 0.3 is 0 Å². The van der Waals surface area contributed by atoms with Gasteiger partial charge in [0.2, 0.25) is 0 Å². The highest BCUT2D eigenvalue weighted by Crippen LogP contribution is 2.38. The lowest BCUT2D eigenvalue weighted by molar-refractivity contribution is -0.214. The molecule has 0 atom stereocenters. The second kappa shape index (κ2) is 9.57. The maximum Gasteiger partial charge on any atom is 0.183 e. The Morgan fingerprint density at radius 3 is 2.00 bits per heavy atom. The normalized spacial score (nSPS) is 27.2. The highest BCUT2D eigenvalue weighted by atomic mass is 19.1. The molecule has 2 nitrogen and oxygen atoms in total. The minimum atomic E-state index is -0.525. The number of rotatable bonds is 5. The van der Waals surface area contributed by atoms with Crippen molar-refractivity contribution in [3.8, 4) is 11.1 Å². The summed E-state index contributed by atoms with van der Waals surface area (Å²) >= 11 is 0. The third-order valence-corrected chi connectivity index (χ3v) is 6.98. The molecule has 0 unspecified atom stereocenters. The van der Waals surface area contributed by atoms with Crippen LogP contribution in [0.2, 0.25) is 0 Å². The van der Waals surface area contributed by atoms with Crippen LogP contribution in [0, 0.1) is 36.3 Å². The highest BCUT2D eigenvalue weighted by molar-refractivity contribution is 5.64. The topological polar surface area (TPSA) is 18.5 Å². The summed E-state index contributed by atoms with van der Waals surface area (Å²) < 4.78 is 39.9. The maximum atomic E-state index is 13.9. The van der Waals surface area contributed by atoms with Gasteiger partial charge in [-0.3, -0.25) is 0 Å². The van der Waals surface area contributed by atoms with E-state index < -0.39 is 11.6 Å². The Morgan fingerprint density at radius 1 is 0.833 bits per heavy atom. The average molecular weight is 415 g/mol. The molecule has 1 aliphatic heterocycles. The zero-order chi connectivity index (χ0) is 21.1. The van der Waals surface area contributed by atoms with Crippen molar-refractivity contribution in [2.24, 2.45) is 17.8 Å². The zero-order valence-corrected chi connectivity index (χ0v) is 18.0. The Bertz CT molecular complexity index is 810. The largest absolute Gasteiger partial charge is 0.348 e. The monoisotopic (exact) mass is 414 g/mol. The molecule has 0 radical (unpaired) electrons. The first-order valence-corrected chi connectivity index (χ1v) is 11.3. The molecule has 4 rings (SSSR count). The molecule has 1 heterocycles. The van der Waals surface area contributed by atoms with E-state index in [1.807, 2.05) is 24.3 Å². The van der Waals surface area contributed by atoms with Gasteiger partial charge in [-0.05, 0) is 54.9 Å². The fourth-order valence-electron chi connectivity index (χ4n) is 4.98. The lowest BCUT2D eigenvalue weighted by Crippen LogP contribution is -2.34. The molecule has 1 saturated carbocycles. The number of hydrogen-bond acceptors (Lipinski definition) is 2. The summed E-state index contributed by atoms with van der Waals surface area (Å²) in [4.78, 5) is 0. The third kappa shape index (κ3) is 4.76. The molecule has 162 valence electrons. The summed E-state index contributed by atoms with van der Waals surface area (Å²) in [6, 6.07) is 10.3. The average Bonchev–Trinajstić information content (AvgIpc) is 2.78. The second-order valence-electron chi connectivity index (χ2n) is 9.02. The Balaban J connectivity index is 1.33. The van der Waals surface area contributed by atoms with Crippen molar-refractivity contribution in [2.45, 2.75) is 58.7 Å². The Morgan fingerprint density at radius 2 is 1.43 bits per heavy atom. The van der Waals surface area contributed by atoms with Crippen molar-refractivity contribution < 1.29 is 18.3 Å². The molecule has 0 N–H and O–H groups in total. The summed E-state index contributed by atoms with van der Waals surface area (Å²) in [5.74, 6) is 1.07. The lowest BCUT2D eigenvalue weighted by Gasteiger charge is -2.37. The van der Waals surface area contributed by atoms with Gasteiger partial charge in [-0.15, -0.1) is 0 Å². The van der Waals surface area contributed by atoms with Crippen molar-refractivity contribution >= 4 is 0 Å². The van der Waals surface area contributed by atoms with Gasteiger partial charge in [-0.2, -0.15) is 0 Å². The maximum absolute atomic E-state index is 13.9. The van der Waals surface area contributed by atoms with Crippen LogP contribution < -0.4 is 0 Å². The van der Waals surface area contributed by atoms with Crippen LogP contribution in [0.3, 0.4) is 0 Å². The van der Waals surface area contributed by atoms with E-state index >= 15 is 0 Å². The van der Waals surface area contributed by atoms with E-state index in [-0.39, 0.29) is 11.9 Å². The standard InChI is InChI=1S/C26H32F2O2/c1-3-4-18-5-7-20(8-6-18)23-15-29-26(30-16-23)21-11-9-19(10-12-21)22-13-24(27)17(2)25(28)14-22/h9-14,18,20,23,26H,3-8,15-16H2,1-2H3. The molecule has 2 fully saturated rings. The lowest BCUT2D eigenvalue weighted by atomic mass is 9.75. The smallest absolute Gasteiger partial charge is 0.183 e. The summed E-state index contributed by atoms with van der Waals surface area (Å²) in [5.41, 5.74) is 2.30. The van der Waals surface area contributed by atoms with Crippen molar-refractivity contribution in [2.75, 3.05) is 13.2 Å². The fraction of sp³-hybridized carbons (Fsp3) is 0.538. The molecular weight excluding hydrogens is 382 g/mol. The predicted molar refractivity (Wildman–Crippen MR) is 115 cm³/mol. The molecule has 1 aliphatic carbocycles. The van der Waals surface area contributed by atoms with E-state index in [1.54, 1.807) is 0 Å². The van der Waals surface area contributed by atoms with Gasteiger partial charge in [-0.1, -0.05) is 56.9 Å². The first-order valence-electron chi connectivity index (χ1n) is 11.3. The van der Waals surface area contributed by atoms with Crippen molar-refractivity contribution in [3.05, 3.63) is 59.2 Å². The van der Waals surface area contributed by atoms with Crippen molar-refractivity contribution in [3.63, 3.8) is 0 Å². The fourth-order valence-corrected chi connectivity index (χ4v) is 4.98. The minimum Gasteiger partial charge on any atom is -0.348 e. The first kappa shape index (κ1) is 21.5. The number of hydrogen-bond donors (Lipinski definition) is 0. The van der Waals surface area contributed by atoms with Crippen LogP contribution in [-0.2, 0) is 9.47 Å². The van der Waals surface area contributed by atoms with E-state index in [4.69, 9.17) is 9.47 Å². The van der Waals surface area contributed by atoms with Crippen LogP contribution >= 0.6 is 0 Å². The molecule has 4 heteroatoms. The molecule has 30 heavy (non-hydrogen) atoms.